The van der Waals surface area contributed by atoms with E-state index in [-0.39, 0.29) is 62.5 Å². The van der Waals surface area contributed by atoms with Crippen LogP contribution in [-0.2, 0) is 47.8 Å². The first-order valence-electron chi connectivity index (χ1n) is 5.66. The molecule has 0 aromatic heterocycles. The van der Waals surface area contributed by atoms with E-state index in [4.69, 9.17) is 10.2 Å². The van der Waals surface area contributed by atoms with E-state index in [1.807, 2.05) is 0 Å². The predicted octanol–water partition coefficient (Wildman–Crippen LogP) is -3.74. The predicted molar refractivity (Wildman–Crippen MR) is 80.9 cm³/mol. The summed E-state index contributed by atoms with van der Waals surface area (Å²) in [6, 6.07) is 13.2. The zero-order chi connectivity index (χ0) is 15.1. The summed E-state index contributed by atoms with van der Waals surface area (Å²) in [6.07, 6.45) is 3.07. The minimum Gasteiger partial charge on any atom is -1.00 e. The molecule has 9 heteroatoms. The van der Waals surface area contributed by atoms with Gasteiger partial charge < -0.3 is 35.0 Å². The van der Waals surface area contributed by atoms with Crippen LogP contribution in [0, 0.1) is 0 Å². The molecular weight excluding hydrogens is 458 g/mol. The van der Waals surface area contributed by atoms with Crippen molar-refractivity contribution >= 4 is 21.6 Å². The van der Waals surface area contributed by atoms with Gasteiger partial charge in [0.2, 0.25) is 0 Å². The van der Waals surface area contributed by atoms with Crippen LogP contribution in [0.25, 0.3) is 0 Å². The molecular formula is C14H16Cl2O4S2Zr. The van der Waals surface area contributed by atoms with E-state index >= 15 is 0 Å². The molecule has 2 atom stereocenters. The number of benzene rings is 2. The molecule has 2 N–H and O–H groups in total. The molecule has 0 aliphatic rings. The maximum absolute atomic E-state index is 10.8. The summed E-state index contributed by atoms with van der Waals surface area (Å²) in [5.41, 5.74) is 0. The molecule has 126 valence electrons. The smallest absolute Gasteiger partial charge is 1.00 e. The van der Waals surface area contributed by atoms with Gasteiger partial charge in [-0.25, -0.2) is 0 Å². The van der Waals surface area contributed by atoms with Crippen LogP contribution >= 0.6 is 0 Å². The van der Waals surface area contributed by atoms with Gasteiger partial charge in [0.25, 0.3) is 0 Å². The molecule has 2 rings (SSSR count). The third-order valence-electron chi connectivity index (χ3n) is 2.35. The summed E-state index contributed by atoms with van der Waals surface area (Å²) >= 11 is 0. The van der Waals surface area contributed by atoms with E-state index in [1.54, 1.807) is 36.4 Å². The maximum atomic E-state index is 10.8. The maximum Gasteiger partial charge on any atom is 2.00 e. The molecule has 0 bridgehead atoms. The van der Waals surface area contributed by atoms with Crippen molar-refractivity contribution in [1.29, 1.82) is 0 Å². The minimum atomic E-state index is -1.09. The van der Waals surface area contributed by atoms with Crippen molar-refractivity contribution in [3.05, 3.63) is 48.5 Å². The number of phenolic OH excluding ortho intramolecular Hbond substituents is 2. The summed E-state index contributed by atoms with van der Waals surface area (Å²) in [5.74, 6) is 0.201. The summed E-state index contributed by atoms with van der Waals surface area (Å²) < 4.78 is 21.6. The average Bonchev–Trinajstić information content (AvgIpc) is 2.40. The van der Waals surface area contributed by atoms with Gasteiger partial charge in [0.05, 0.1) is 31.4 Å². The van der Waals surface area contributed by atoms with E-state index in [1.165, 1.54) is 24.6 Å². The van der Waals surface area contributed by atoms with Gasteiger partial charge in [-0.2, -0.15) is 0 Å². The second-order valence-corrected chi connectivity index (χ2v) is 6.54. The Labute approximate surface area is 172 Å². The Morgan fingerprint density at radius 1 is 0.696 bits per heavy atom. The average molecular weight is 475 g/mol. The normalized spacial score (nSPS) is 11.2. The molecule has 0 spiro atoms. The molecule has 23 heavy (non-hydrogen) atoms. The number of hydrogen-bond acceptors (Lipinski definition) is 4. The van der Waals surface area contributed by atoms with Gasteiger partial charge in [0, 0.05) is 12.5 Å². The van der Waals surface area contributed by atoms with E-state index in [2.05, 4.69) is 0 Å². The van der Waals surface area contributed by atoms with E-state index in [0.717, 1.165) is 0 Å². The fraction of sp³-hybridized carbons (Fsp3) is 0.143. The first-order valence-corrected chi connectivity index (χ1v) is 8.78. The molecule has 0 radical (unpaired) electrons. The van der Waals surface area contributed by atoms with Crippen molar-refractivity contribution in [2.45, 2.75) is 9.79 Å². The number of halogens is 2. The quantitative estimate of drug-likeness (QED) is 0.470. The Balaban J connectivity index is -0.000000308. The third kappa shape index (κ3) is 9.63. The van der Waals surface area contributed by atoms with Crippen LogP contribution in [0.1, 0.15) is 0 Å². The van der Waals surface area contributed by atoms with Crippen LogP contribution in [0.15, 0.2) is 58.3 Å². The van der Waals surface area contributed by atoms with E-state index in [0.29, 0.717) is 9.79 Å². The monoisotopic (exact) mass is 472 g/mol. The van der Waals surface area contributed by atoms with Crippen LogP contribution in [0.3, 0.4) is 0 Å². The van der Waals surface area contributed by atoms with E-state index in [9.17, 15) is 8.42 Å². The Morgan fingerprint density at radius 2 is 0.957 bits per heavy atom. The number of hydrogen-bond donors (Lipinski definition) is 2. The fourth-order valence-corrected chi connectivity index (χ4v) is 2.67. The number of aromatic hydroxyl groups is 2. The zero-order valence-electron chi connectivity index (χ0n) is 12.4. The Morgan fingerprint density at radius 3 is 1.13 bits per heavy atom. The van der Waals surface area contributed by atoms with Crippen LogP contribution in [0.4, 0.5) is 0 Å². The van der Waals surface area contributed by atoms with Gasteiger partial charge >= 0.3 is 26.2 Å². The standard InChI is InChI=1S/2C7H8O2S.2ClH.Zr/c2*1-10(9)7-5-3-2-4-6(7)8;;;/h2*2-5,8H,1H3;2*1H;/q;;;;+2/p-2. The summed E-state index contributed by atoms with van der Waals surface area (Å²) in [7, 11) is -2.18. The Hall–Kier alpha value is -0.197. The second-order valence-electron chi connectivity index (χ2n) is 3.84. The van der Waals surface area contributed by atoms with Crippen molar-refractivity contribution in [2.24, 2.45) is 0 Å². The molecule has 2 aromatic carbocycles. The van der Waals surface area contributed by atoms with Gasteiger partial charge in [-0.3, -0.25) is 8.42 Å². The molecule has 4 nitrogen and oxygen atoms in total. The fourth-order valence-electron chi connectivity index (χ4n) is 1.40. The summed E-state index contributed by atoms with van der Waals surface area (Å²) in [6.45, 7) is 0. The topological polar surface area (TPSA) is 74.6 Å². The first-order chi connectivity index (χ1) is 9.43. The molecule has 2 unspecified atom stereocenters. The number of phenols is 2. The molecule has 0 amide bonds. The van der Waals surface area contributed by atoms with Crippen LogP contribution in [0.5, 0.6) is 11.5 Å². The SMILES string of the molecule is CS(=O)c1ccccc1O.CS(=O)c1ccccc1O.[Cl-].[Cl-].[Zr+2]. The second kappa shape index (κ2) is 14.2. The van der Waals surface area contributed by atoms with Crippen molar-refractivity contribution in [3.8, 4) is 11.5 Å². The number of rotatable bonds is 2. The summed E-state index contributed by atoms with van der Waals surface area (Å²) in [5, 5.41) is 18.2. The molecule has 0 aliphatic carbocycles. The molecule has 0 fully saturated rings. The van der Waals surface area contributed by atoms with Gasteiger partial charge in [-0.05, 0) is 24.3 Å². The van der Waals surface area contributed by atoms with Crippen LogP contribution in [0.2, 0.25) is 0 Å². The molecule has 0 saturated heterocycles. The third-order valence-corrected chi connectivity index (χ3v) is 4.28. The Bertz CT molecular complexity index is 586. The van der Waals surface area contributed by atoms with Gasteiger partial charge in [-0.1, -0.05) is 24.3 Å². The molecule has 0 saturated carbocycles. The zero-order valence-corrected chi connectivity index (χ0v) is 18.0. The van der Waals surface area contributed by atoms with Crippen LogP contribution in [-0.4, -0.2) is 31.1 Å². The molecule has 0 heterocycles. The molecule has 0 aliphatic heterocycles. The van der Waals surface area contributed by atoms with Gasteiger partial charge in [0.15, 0.2) is 0 Å². The summed E-state index contributed by atoms with van der Waals surface area (Å²) in [4.78, 5) is 0.977. The van der Waals surface area contributed by atoms with Crippen LogP contribution < -0.4 is 24.8 Å². The number of para-hydroxylation sites is 2. The van der Waals surface area contributed by atoms with Gasteiger partial charge in [0.1, 0.15) is 11.5 Å². The first kappa shape index (κ1) is 27.6. The van der Waals surface area contributed by atoms with Crippen molar-refractivity contribution < 1.29 is 69.6 Å². The Kier molecular flexibility index (Phi) is 17.0. The molecule has 2 aromatic rings. The minimum absolute atomic E-state index is 0. The van der Waals surface area contributed by atoms with Gasteiger partial charge in [-0.15, -0.1) is 0 Å². The van der Waals surface area contributed by atoms with E-state index < -0.39 is 21.6 Å². The van der Waals surface area contributed by atoms with Crippen molar-refractivity contribution in [1.82, 2.24) is 0 Å². The largest absolute Gasteiger partial charge is 2.00 e. The van der Waals surface area contributed by atoms with Crippen molar-refractivity contribution in [3.63, 3.8) is 0 Å². The van der Waals surface area contributed by atoms with Crippen molar-refractivity contribution in [2.75, 3.05) is 12.5 Å².